The van der Waals surface area contributed by atoms with E-state index in [0.29, 0.717) is 44.9 Å². The number of nitrogens with one attached hydrogen (secondary N) is 2. The topological polar surface area (TPSA) is 222 Å². The number of alkyl carbamates (subject to hydrolysis) is 2. The molecule has 446 valence electrons. The van der Waals surface area contributed by atoms with Crippen LogP contribution in [-0.4, -0.2) is 93.0 Å². The lowest BCUT2D eigenvalue weighted by atomic mass is 9.35. The summed E-state index contributed by atoms with van der Waals surface area (Å²) in [6, 6.07) is 16.1. The molecule has 4 N–H and O–H groups in total. The third kappa shape index (κ3) is 15.9. The van der Waals surface area contributed by atoms with Crippen LogP contribution in [-0.2, 0) is 60.8 Å². The Morgan fingerprint density at radius 2 is 1.07 bits per heavy atom. The normalized spacial score (nSPS) is 28.6. The number of ether oxygens (including phenoxy) is 6. The predicted molar refractivity (Wildman–Crippen MR) is 302 cm³/mol. The van der Waals surface area contributed by atoms with Crippen molar-refractivity contribution >= 4 is 36.1 Å². The molecule has 4 saturated carbocycles. The van der Waals surface area contributed by atoms with Crippen LogP contribution in [0.2, 0.25) is 0 Å². The highest BCUT2D eigenvalue weighted by atomic mass is 16.6. The van der Waals surface area contributed by atoms with Crippen LogP contribution in [0.25, 0.3) is 0 Å². The van der Waals surface area contributed by atoms with Crippen molar-refractivity contribution in [2.24, 2.45) is 45.3 Å². The summed E-state index contributed by atoms with van der Waals surface area (Å²) in [5.41, 5.74) is -3.88. The summed E-state index contributed by atoms with van der Waals surface area (Å²) in [6.07, 6.45) is 2.83. The third-order valence-electron chi connectivity index (χ3n) is 18.8. The summed E-state index contributed by atoms with van der Waals surface area (Å²) in [7, 11) is 0. The standard InChI is InChI=1S/C64H96N2O14/c1-57(2,3)79-55(71)65-44(26-28-50(67)75-39-41-22-17-15-18-23-41)53(69)77-46-38-48-61(11)35-32-49(78-54(70)45(66-56(72)80-58(4,5)6)27-29-51(68)76-40-42-24-19-16-20-25-42)60(9,10)47(61)31-37-62(48,12)63(13)36-30-43(52(46)63)64(14,74)34-21-33-59(7,8)73/h15-20,22-25,43-49,52,73-74H,21,26-40H2,1-14H3,(H,65,71)(H,66,72)/t43-,44-,45-,46+,47-,48+,49-,52-,61-,62+,63+,64+/m0/s1. The Morgan fingerprint density at radius 3 is 1.55 bits per heavy atom. The number of esters is 4. The molecule has 2 aromatic rings. The maximum absolute atomic E-state index is 15.0. The molecule has 80 heavy (non-hydrogen) atoms. The predicted octanol–water partition coefficient (Wildman–Crippen LogP) is 11.6. The minimum absolute atomic E-state index is 0.0173. The largest absolute Gasteiger partial charge is 0.461 e. The lowest BCUT2D eigenvalue weighted by Crippen LogP contribution is -2.67. The van der Waals surface area contributed by atoms with Crippen molar-refractivity contribution in [1.29, 1.82) is 0 Å². The highest BCUT2D eigenvalue weighted by Gasteiger charge is 2.72. The van der Waals surface area contributed by atoms with Crippen LogP contribution in [0.1, 0.15) is 198 Å². The van der Waals surface area contributed by atoms with E-state index in [1.165, 1.54) is 0 Å². The molecule has 0 bridgehead atoms. The van der Waals surface area contributed by atoms with Gasteiger partial charge in [0.15, 0.2) is 0 Å². The molecule has 2 aromatic carbocycles. The quantitative estimate of drug-likeness (QED) is 0.0675. The fourth-order valence-electron chi connectivity index (χ4n) is 14.8. The average molecular weight is 1120 g/mol. The van der Waals surface area contributed by atoms with Gasteiger partial charge in [-0.3, -0.25) is 9.59 Å². The zero-order valence-electron chi connectivity index (χ0n) is 50.5. The van der Waals surface area contributed by atoms with E-state index in [1.807, 2.05) is 67.6 Å². The highest BCUT2D eigenvalue weighted by molar-refractivity contribution is 5.83. The van der Waals surface area contributed by atoms with Crippen LogP contribution in [0.15, 0.2) is 60.7 Å². The number of hydrogen-bond donors (Lipinski definition) is 4. The number of aliphatic hydroxyl groups is 2. The van der Waals surface area contributed by atoms with Crippen molar-refractivity contribution < 1.29 is 67.4 Å². The molecule has 4 aliphatic carbocycles. The van der Waals surface area contributed by atoms with Crippen molar-refractivity contribution in [1.82, 2.24) is 10.6 Å². The lowest BCUT2D eigenvalue weighted by molar-refractivity contribution is -0.253. The summed E-state index contributed by atoms with van der Waals surface area (Å²) < 4.78 is 35.6. The average Bonchev–Trinajstić information content (AvgIpc) is 2.21. The Balaban J connectivity index is 1.28. The zero-order chi connectivity index (χ0) is 59.3. The molecule has 4 aliphatic rings. The molecule has 4 fully saturated rings. The molecule has 0 saturated heterocycles. The maximum Gasteiger partial charge on any atom is 0.408 e. The van der Waals surface area contributed by atoms with Gasteiger partial charge in [-0.25, -0.2) is 19.2 Å². The van der Waals surface area contributed by atoms with Crippen molar-refractivity contribution in [3.8, 4) is 0 Å². The first kappa shape index (κ1) is 64.0. The third-order valence-corrected chi connectivity index (χ3v) is 18.8. The summed E-state index contributed by atoms with van der Waals surface area (Å²) in [6.45, 7) is 27.2. The number of carbonyl (C=O) groups is 6. The molecule has 6 rings (SSSR count). The van der Waals surface area contributed by atoms with E-state index in [0.717, 1.165) is 30.4 Å². The van der Waals surface area contributed by atoms with E-state index in [4.69, 9.17) is 28.4 Å². The van der Waals surface area contributed by atoms with Gasteiger partial charge in [0, 0.05) is 24.2 Å². The molecule has 12 atom stereocenters. The van der Waals surface area contributed by atoms with Gasteiger partial charge in [0.05, 0.1) is 11.2 Å². The molecule has 16 heteroatoms. The Bertz CT molecular complexity index is 2460. The van der Waals surface area contributed by atoms with Crippen molar-refractivity contribution in [3.63, 3.8) is 0 Å². The smallest absolute Gasteiger partial charge is 0.408 e. The van der Waals surface area contributed by atoms with Gasteiger partial charge >= 0.3 is 36.1 Å². The van der Waals surface area contributed by atoms with Crippen molar-refractivity contribution in [2.75, 3.05) is 0 Å². The molecule has 0 spiro atoms. The molecule has 0 radical (unpaired) electrons. The first-order chi connectivity index (χ1) is 37.1. The fourth-order valence-corrected chi connectivity index (χ4v) is 14.8. The fraction of sp³-hybridized carbons (Fsp3) is 0.719. The molecule has 0 aromatic heterocycles. The minimum Gasteiger partial charge on any atom is -0.461 e. The Hall–Kier alpha value is -5.22. The van der Waals surface area contributed by atoms with Crippen LogP contribution < -0.4 is 10.6 Å². The Morgan fingerprint density at radius 1 is 0.600 bits per heavy atom. The van der Waals surface area contributed by atoms with Gasteiger partial charge in [-0.15, -0.1) is 0 Å². The van der Waals surface area contributed by atoms with Crippen LogP contribution in [0, 0.1) is 45.3 Å². The Kier molecular flexibility index (Phi) is 20.1. The monoisotopic (exact) mass is 1120 g/mol. The molecular weight excluding hydrogens is 1020 g/mol. The van der Waals surface area contributed by atoms with Crippen molar-refractivity contribution in [2.45, 2.75) is 247 Å². The lowest BCUT2D eigenvalue weighted by Gasteiger charge is -2.70. The van der Waals surface area contributed by atoms with Gasteiger partial charge in [0.25, 0.3) is 0 Å². The molecule has 2 amide bonds. The molecular formula is C64H96N2O14. The Labute approximate surface area is 476 Å². The number of benzene rings is 2. The maximum atomic E-state index is 15.0. The number of amides is 2. The van der Waals surface area contributed by atoms with E-state index in [-0.39, 0.29) is 73.4 Å². The SMILES string of the molecule is CC(C)(O)CCC[C@@](C)(O)[C@H]1CC[C@]2(C)[C@@H]1[C@H](OC(=O)[C@H](CCC(=O)OCc1ccccc1)NC(=O)OC(C)(C)C)C[C@@H]1[C@@]3(C)CC[C@H](OC(=O)[C@H](CCC(=O)OCc4ccccc4)NC(=O)OC(C)(C)C)C(C)(C)[C@@H]3CC[C@]12C. The molecule has 0 heterocycles. The molecule has 16 nitrogen and oxygen atoms in total. The van der Waals surface area contributed by atoms with E-state index >= 15 is 4.79 Å². The summed E-state index contributed by atoms with van der Waals surface area (Å²) in [4.78, 5) is 82.4. The van der Waals surface area contributed by atoms with Crippen molar-refractivity contribution in [3.05, 3.63) is 71.8 Å². The first-order valence-electron chi connectivity index (χ1n) is 29.3. The number of rotatable bonds is 21. The van der Waals surface area contributed by atoms with E-state index in [1.54, 1.807) is 55.4 Å². The van der Waals surface area contributed by atoms with E-state index in [9.17, 15) is 34.2 Å². The van der Waals surface area contributed by atoms with Gasteiger partial charge in [-0.2, -0.15) is 0 Å². The van der Waals surface area contributed by atoms with Gasteiger partial charge < -0.3 is 49.3 Å². The van der Waals surface area contributed by atoms with E-state index in [2.05, 4.69) is 45.3 Å². The minimum atomic E-state index is -1.27. The molecule has 0 unspecified atom stereocenters. The highest BCUT2D eigenvalue weighted by Crippen LogP contribution is 2.76. The second-order valence-corrected chi connectivity index (χ2v) is 27.9. The summed E-state index contributed by atoms with van der Waals surface area (Å²) >= 11 is 0. The number of hydrogen-bond acceptors (Lipinski definition) is 14. The van der Waals surface area contributed by atoms with Gasteiger partial charge in [-0.05, 0) is 184 Å². The van der Waals surface area contributed by atoms with E-state index < -0.39 is 93.6 Å². The van der Waals surface area contributed by atoms with Crippen LogP contribution in [0.4, 0.5) is 9.59 Å². The first-order valence-corrected chi connectivity index (χ1v) is 29.3. The van der Waals surface area contributed by atoms with Crippen LogP contribution in [0.5, 0.6) is 0 Å². The van der Waals surface area contributed by atoms with Gasteiger partial charge in [0.2, 0.25) is 0 Å². The number of fused-ring (bicyclic) bond motifs is 5. The second-order valence-electron chi connectivity index (χ2n) is 27.9. The number of carbonyl (C=O) groups excluding carboxylic acids is 6. The van der Waals surface area contributed by atoms with Gasteiger partial charge in [0.1, 0.15) is 48.7 Å². The summed E-state index contributed by atoms with van der Waals surface area (Å²) in [5, 5.41) is 28.7. The second kappa shape index (κ2) is 25.1. The van der Waals surface area contributed by atoms with Gasteiger partial charge in [-0.1, -0.05) is 95.3 Å². The van der Waals surface area contributed by atoms with Crippen LogP contribution >= 0.6 is 0 Å². The molecule has 0 aliphatic heterocycles. The zero-order valence-corrected chi connectivity index (χ0v) is 50.5. The summed E-state index contributed by atoms with van der Waals surface area (Å²) in [5.74, 6) is -3.01. The van der Waals surface area contributed by atoms with Crippen LogP contribution in [0.3, 0.4) is 0 Å².